The molecule has 3 rings (SSSR count). The number of nitrogens with one attached hydrogen (secondary N) is 1. The molecule has 0 aliphatic rings. The number of fused-ring (bicyclic) bond motifs is 1. The molecule has 0 aromatic heterocycles. The molecule has 8 nitrogen and oxygen atoms in total. The number of halogens is 2. The Morgan fingerprint density at radius 2 is 1.77 bits per heavy atom. The fourth-order valence-electron chi connectivity index (χ4n) is 2.79. The average Bonchev–Trinajstić information content (AvgIpc) is 2.70. The molecule has 3 aromatic carbocycles. The third-order valence-corrected chi connectivity index (χ3v) is 4.55. The van der Waals surface area contributed by atoms with Crippen LogP contribution in [-0.4, -0.2) is 36.1 Å². The average molecular weight is 463 g/mol. The summed E-state index contributed by atoms with van der Waals surface area (Å²) in [6.45, 7) is -0.707. The van der Waals surface area contributed by atoms with Crippen LogP contribution in [0, 0.1) is 0 Å². The van der Waals surface area contributed by atoms with E-state index in [0.29, 0.717) is 27.2 Å². The van der Waals surface area contributed by atoms with Gasteiger partial charge in [-0.05, 0) is 41.8 Å². The quantitative estimate of drug-likeness (QED) is 0.467. The number of carboxylic acids is 1. The Kier molecular flexibility index (Phi) is 6.84. The summed E-state index contributed by atoms with van der Waals surface area (Å²) in [5, 5.41) is 13.5. The van der Waals surface area contributed by atoms with Crippen molar-refractivity contribution in [2.75, 3.05) is 18.5 Å². The second kappa shape index (κ2) is 9.55. The van der Waals surface area contributed by atoms with Crippen molar-refractivity contribution in [1.29, 1.82) is 0 Å². The third-order valence-electron chi connectivity index (χ3n) is 4.03. The number of hydrogen-bond acceptors (Lipinski definition) is 5. The first-order valence-electron chi connectivity index (χ1n) is 8.83. The first-order valence-corrected chi connectivity index (χ1v) is 9.58. The minimum Gasteiger partial charge on any atom is -0.484 e. The highest BCUT2D eigenvalue weighted by atomic mass is 35.5. The van der Waals surface area contributed by atoms with Crippen molar-refractivity contribution >= 4 is 57.4 Å². The van der Waals surface area contributed by atoms with Crippen LogP contribution in [0.4, 0.5) is 5.69 Å². The predicted molar refractivity (Wildman–Crippen MR) is 116 cm³/mol. The first kappa shape index (κ1) is 22.2. The van der Waals surface area contributed by atoms with Crippen molar-refractivity contribution in [3.8, 4) is 11.5 Å². The van der Waals surface area contributed by atoms with Gasteiger partial charge >= 0.3 is 5.97 Å². The Morgan fingerprint density at radius 1 is 1.00 bits per heavy atom. The van der Waals surface area contributed by atoms with E-state index < -0.39 is 24.4 Å². The molecule has 10 heteroatoms. The number of carbonyl (C=O) groups excluding carboxylic acids is 2. The molecule has 0 aliphatic carbocycles. The van der Waals surface area contributed by atoms with E-state index in [0.717, 1.165) is 0 Å². The molecule has 0 atom stereocenters. The number of carbonyl (C=O) groups is 3. The zero-order valence-electron chi connectivity index (χ0n) is 15.9. The monoisotopic (exact) mass is 462 g/mol. The summed E-state index contributed by atoms with van der Waals surface area (Å²) in [6, 6.07) is 12.1. The van der Waals surface area contributed by atoms with Crippen LogP contribution in [0.3, 0.4) is 0 Å². The van der Waals surface area contributed by atoms with Crippen molar-refractivity contribution in [3.63, 3.8) is 0 Å². The smallest absolute Gasteiger partial charge is 0.335 e. The van der Waals surface area contributed by atoms with Gasteiger partial charge in [-0.3, -0.25) is 9.59 Å². The van der Waals surface area contributed by atoms with Gasteiger partial charge in [0.15, 0.2) is 13.2 Å². The van der Waals surface area contributed by atoms with E-state index in [9.17, 15) is 19.5 Å². The molecule has 0 unspecified atom stereocenters. The predicted octanol–water partition coefficient (Wildman–Crippen LogP) is 3.73. The second-order valence-corrected chi connectivity index (χ2v) is 7.23. The van der Waals surface area contributed by atoms with E-state index >= 15 is 0 Å². The lowest BCUT2D eigenvalue weighted by molar-refractivity contribution is -0.120. The Morgan fingerprint density at radius 3 is 2.48 bits per heavy atom. The molecular weight excluding hydrogens is 447 g/mol. The summed E-state index contributed by atoms with van der Waals surface area (Å²) >= 11 is 12.3. The van der Waals surface area contributed by atoms with Crippen LogP contribution < -0.4 is 20.5 Å². The summed E-state index contributed by atoms with van der Waals surface area (Å²) in [5.74, 6) is -1.82. The standard InChI is InChI=1S/C21H16Cl2N2O6/c22-13-5-11-4-12(21(28)29)6-17(20(11)16(23)7-13)31-10-19(27)25-14-2-1-3-15(8-14)30-9-18(24)26/h1-8H,9-10H2,(H2,24,26)(H,25,27)(H,28,29). The Bertz CT molecular complexity index is 1180. The fourth-order valence-corrected chi connectivity index (χ4v) is 3.39. The van der Waals surface area contributed by atoms with Gasteiger partial charge in [-0.1, -0.05) is 29.3 Å². The van der Waals surface area contributed by atoms with Crippen molar-refractivity contribution < 1.29 is 29.0 Å². The molecule has 0 saturated heterocycles. The van der Waals surface area contributed by atoms with Gasteiger partial charge in [0.25, 0.3) is 11.8 Å². The molecule has 0 bridgehead atoms. The molecule has 0 fully saturated rings. The van der Waals surface area contributed by atoms with E-state index in [2.05, 4.69) is 5.32 Å². The molecular formula is C21H16Cl2N2O6. The van der Waals surface area contributed by atoms with Crippen LogP contribution in [-0.2, 0) is 9.59 Å². The molecule has 3 aromatic rings. The van der Waals surface area contributed by atoms with Crippen molar-refractivity contribution in [3.05, 3.63) is 64.1 Å². The van der Waals surface area contributed by atoms with Crippen LogP contribution >= 0.6 is 23.2 Å². The minimum absolute atomic E-state index is 0.0412. The summed E-state index contributed by atoms with van der Waals surface area (Å²) in [6.07, 6.45) is 0. The lowest BCUT2D eigenvalue weighted by atomic mass is 10.1. The highest BCUT2D eigenvalue weighted by Gasteiger charge is 2.15. The van der Waals surface area contributed by atoms with E-state index in [4.69, 9.17) is 38.4 Å². The van der Waals surface area contributed by atoms with Gasteiger partial charge in [0, 0.05) is 22.2 Å². The highest BCUT2D eigenvalue weighted by Crippen LogP contribution is 2.36. The van der Waals surface area contributed by atoms with Gasteiger partial charge in [-0.2, -0.15) is 0 Å². The number of amides is 2. The topological polar surface area (TPSA) is 128 Å². The number of anilines is 1. The molecule has 0 spiro atoms. The number of hydrogen-bond donors (Lipinski definition) is 3. The van der Waals surface area contributed by atoms with Crippen LogP contribution in [0.2, 0.25) is 10.0 Å². The SMILES string of the molecule is NC(=O)COc1cccc(NC(=O)COc2cc(C(=O)O)cc3cc(Cl)cc(Cl)c23)c1. The van der Waals surface area contributed by atoms with Crippen LogP contribution in [0.15, 0.2) is 48.5 Å². The van der Waals surface area contributed by atoms with E-state index in [-0.39, 0.29) is 22.9 Å². The van der Waals surface area contributed by atoms with Gasteiger partial charge < -0.3 is 25.6 Å². The lowest BCUT2D eigenvalue weighted by Crippen LogP contribution is -2.21. The van der Waals surface area contributed by atoms with Crippen LogP contribution in [0.5, 0.6) is 11.5 Å². The summed E-state index contributed by atoms with van der Waals surface area (Å²) in [5.41, 5.74) is 5.40. The second-order valence-electron chi connectivity index (χ2n) is 6.38. The Labute approximate surface area is 186 Å². The van der Waals surface area contributed by atoms with Crippen LogP contribution in [0.25, 0.3) is 10.8 Å². The van der Waals surface area contributed by atoms with E-state index in [1.807, 2.05) is 0 Å². The molecule has 0 saturated carbocycles. The van der Waals surface area contributed by atoms with E-state index in [1.54, 1.807) is 24.3 Å². The van der Waals surface area contributed by atoms with Gasteiger partial charge in [0.1, 0.15) is 11.5 Å². The maximum absolute atomic E-state index is 12.3. The van der Waals surface area contributed by atoms with Gasteiger partial charge in [-0.15, -0.1) is 0 Å². The number of ether oxygens (including phenoxy) is 2. The number of primary amides is 1. The number of aromatic carboxylic acids is 1. The number of benzene rings is 3. The molecule has 0 heterocycles. The largest absolute Gasteiger partial charge is 0.484 e. The molecule has 2 amide bonds. The molecule has 160 valence electrons. The van der Waals surface area contributed by atoms with Crippen molar-refractivity contribution in [2.24, 2.45) is 5.73 Å². The maximum atomic E-state index is 12.3. The van der Waals surface area contributed by atoms with Crippen molar-refractivity contribution in [1.82, 2.24) is 0 Å². The normalized spacial score (nSPS) is 10.5. The van der Waals surface area contributed by atoms with Gasteiger partial charge in [0.2, 0.25) is 0 Å². The zero-order valence-corrected chi connectivity index (χ0v) is 17.4. The minimum atomic E-state index is -1.17. The molecule has 0 radical (unpaired) electrons. The Hall–Kier alpha value is -3.49. The lowest BCUT2D eigenvalue weighted by Gasteiger charge is -2.13. The maximum Gasteiger partial charge on any atom is 0.335 e. The number of carboxylic acid groups (broad SMARTS) is 1. The third kappa shape index (κ3) is 5.78. The molecule has 31 heavy (non-hydrogen) atoms. The summed E-state index contributed by atoms with van der Waals surface area (Å²) in [4.78, 5) is 34.6. The number of rotatable bonds is 8. The summed E-state index contributed by atoms with van der Waals surface area (Å²) in [7, 11) is 0. The fraction of sp³-hybridized carbons (Fsp3) is 0.0952. The van der Waals surface area contributed by atoms with Crippen LogP contribution in [0.1, 0.15) is 10.4 Å². The van der Waals surface area contributed by atoms with Gasteiger partial charge in [-0.25, -0.2) is 4.79 Å². The first-order chi connectivity index (χ1) is 14.7. The highest BCUT2D eigenvalue weighted by molar-refractivity contribution is 6.39. The molecule has 4 N–H and O–H groups in total. The molecule has 0 aliphatic heterocycles. The number of nitrogens with two attached hydrogens (primary N) is 1. The van der Waals surface area contributed by atoms with E-state index in [1.165, 1.54) is 24.3 Å². The Balaban J connectivity index is 1.76. The zero-order chi connectivity index (χ0) is 22.5. The summed E-state index contributed by atoms with van der Waals surface area (Å²) < 4.78 is 10.8. The van der Waals surface area contributed by atoms with Crippen molar-refractivity contribution in [2.45, 2.75) is 0 Å². The van der Waals surface area contributed by atoms with Gasteiger partial charge in [0.05, 0.1) is 10.6 Å².